The van der Waals surface area contributed by atoms with Gasteiger partial charge in [0.1, 0.15) is 6.29 Å². The largest absolute Gasteiger partial charge is 0.379 e. The molecule has 18 heavy (non-hydrogen) atoms. The summed E-state index contributed by atoms with van der Waals surface area (Å²) in [6.07, 6.45) is 2.27. The van der Waals surface area contributed by atoms with Crippen LogP contribution in [0.25, 0.3) is 0 Å². The van der Waals surface area contributed by atoms with Crippen LogP contribution in [0.15, 0.2) is 0 Å². The van der Waals surface area contributed by atoms with Crippen LogP contribution in [0.3, 0.4) is 0 Å². The first-order valence-electron chi connectivity index (χ1n) is 6.31. The van der Waals surface area contributed by atoms with Crippen molar-refractivity contribution in [2.45, 2.75) is 19.3 Å². The molecule has 0 aromatic carbocycles. The SMILES string of the molecule is CNCCOCCOCCCC(=O)NCCC=O. The summed E-state index contributed by atoms with van der Waals surface area (Å²) in [4.78, 5) is 21.2. The van der Waals surface area contributed by atoms with E-state index in [1.54, 1.807) is 0 Å². The van der Waals surface area contributed by atoms with E-state index in [2.05, 4.69) is 10.6 Å². The number of hydrogen-bond acceptors (Lipinski definition) is 5. The Bertz CT molecular complexity index is 212. The van der Waals surface area contributed by atoms with Gasteiger partial charge in [-0.05, 0) is 13.5 Å². The van der Waals surface area contributed by atoms with Gasteiger partial charge in [-0.25, -0.2) is 0 Å². The third kappa shape index (κ3) is 13.1. The van der Waals surface area contributed by atoms with Gasteiger partial charge in [0.05, 0.1) is 19.8 Å². The molecule has 0 atom stereocenters. The second-order valence-corrected chi connectivity index (χ2v) is 3.74. The normalized spacial score (nSPS) is 10.3. The van der Waals surface area contributed by atoms with Gasteiger partial charge >= 0.3 is 0 Å². The lowest BCUT2D eigenvalue weighted by atomic mass is 10.3. The number of hydrogen-bond donors (Lipinski definition) is 2. The fourth-order valence-electron chi connectivity index (χ4n) is 1.19. The first-order valence-corrected chi connectivity index (χ1v) is 6.31. The maximum Gasteiger partial charge on any atom is 0.220 e. The molecular weight excluding hydrogens is 236 g/mol. The number of rotatable bonds is 13. The summed E-state index contributed by atoms with van der Waals surface area (Å²) < 4.78 is 10.6. The maximum atomic E-state index is 11.2. The fourth-order valence-corrected chi connectivity index (χ4v) is 1.19. The predicted molar refractivity (Wildman–Crippen MR) is 68.5 cm³/mol. The lowest BCUT2D eigenvalue weighted by Gasteiger charge is -2.06. The zero-order valence-corrected chi connectivity index (χ0v) is 11.1. The lowest BCUT2D eigenvalue weighted by Crippen LogP contribution is -2.24. The van der Waals surface area contributed by atoms with Gasteiger partial charge in [-0.3, -0.25) is 4.79 Å². The molecule has 6 nitrogen and oxygen atoms in total. The highest BCUT2D eigenvalue weighted by Gasteiger charge is 1.99. The van der Waals surface area contributed by atoms with Crippen LogP contribution in [0, 0.1) is 0 Å². The number of carbonyl (C=O) groups excluding carboxylic acids is 2. The van der Waals surface area contributed by atoms with Crippen LogP contribution in [-0.4, -0.2) is 58.8 Å². The molecule has 0 spiro atoms. The van der Waals surface area contributed by atoms with Gasteiger partial charge in [-0.2, -0.15) is 0 Å². The fraction of sp³-hybridized carbons (Fsp3) is 0.833. The van der Waals surface area contributed by atoms with Crippen molar-refractivity contribution in [3.8, 4) is 0 Å². The summed E-state index contributed by atoms with van der Waals surface area (Å²) in [5.74, 6) is -0.0364. The van der Waals surface area contributed by atoms with Crippen LogP contribution in [0.4, 0.5) is 0 Å². The molecule has 0 saturated carbocycles. The molecule has 0 aliphatic heterocycles. The van der Waals surface area contributed by atoms with Crippen molar-refractivity contribution in [3.63, 3.8) is 0 Å². The van der Waals surface area contributed by atoms with Gasteiger partial charge < -0.3 is 24.9 Å². The Balaban J connectivity index is 3.10. The minimum atomic E-state index is -0.0364. The van der Waals surface area contributed by atoms with Crippen molar-refractivity contribution in [1.29, 1.82) is 0 Å². The first kappa shape index (κ1) is 17.0. The van der Waals surface area contributed by atoms with Gasteiger partial charge in [0, 0.05) is 32.5 Å². The van der Waals surface area contributed by atoms with E-state index in [1.165, 1.54) is 0 Å². The van der Waals surface area contributed by atoms with Gasteiger partial charge in [-0.15, -0.1) is 0 Å². The second-order valence-electron chi connectivity index (χ2n) is 3.74. The molecule has 106 valence electrons. The van der Waals surface area contributed by atoms with Crippen molar-refractivity contribution in [2.24, 2.45) is 0 Å². The van der Waals surface area contributed by atoms with E-state index in [0.717, 1.165) is 12.8 Å². The van der Waals surface area contributed by atoms with E-state index in [1.807, 2.05) is 7.05 Å². The number of amides is 1. The van der Waals surface area contributed by atoms with Crippen molar-refractivity contribution in [1.82, 2.24) is 10.6 Å². The van der Waals surface area contributed by atoms with E-state index >= 15 is 0 Å². The molecule has 6 heteroatoms. The Kier molecular flexibility index (Phi) is 13.3. The van der Waals surface area contributed by atoms with Crippen LogP contribution >= 0.6 is 0 Å². The van der Waals surface area contributed by atoms with E-state index in [4.69, 9.17) is 9.47 Å². The molecular formula is C12H24N2O4. The van der Waals surface area contributed by atoms with Crippen LogP contribution in [0.1, 0.15) is 19.3 Å². The molecule has 2 N–H and O–H groups in total. The average Bonchev–Trinajstić information content (AvgIpc) is 2.37. The third-order valence-corrected chi connectivity index (χ3v) is 2.15. The molecule has 1 amide bonds. The molecule has 0 saturated heterocycles. The summed E-state index contributed by atoms with van der Waals surface area (Å²) in [5, 5.41) is 5.63. The zero-order chi connectivity index (χ0) is 13.5. The summed E-state index contributed by atoms with van der Waals surface area (Å²) in [7, 11) is 1.88. The Morgan fingerprint density at radius 3 is 2.50 bits per heavy atom. The number of nitrogens with one attached hydrogen (secondary N) is 2. The minimum absolute atomic E-state index is 0.0364. The van der Waals surface area contributed by atoms with Crippen LogP contribution in [0.2, 0.25) is 0 Å². The number of likely N-dealkylation sites (N-methyl/N-ethyl adjacent to an activating group) is 1. The molecule has 0 fully saturated rings. The zero-order valence-electron chi connectivity index (χ0n) is 11.1. The highest BCUT2D eigenvalue weighted by molar-refractivity contribution is 5.76. The summed E-state index contributed by atoms with van der Waals surface area (Å²) >= 11 is 0. The Morgan fingerprint density at radius 1 is 1.11 bits per heavy atom. The molecule has 0 aliphatic carbocycles. The van der Waals surface area contributed by atoms with Gasteiger partial charge in [-0.1, -0.05) is 0 Å². The van der Waals surface area contributed by atoms with Gasteiger partial charge in [0.25, 0.3) is 0 Å². The van der Waals surface area contributed by atoms with Crippen LogP contribution in [-0.2, 0) is 19.1 Å². The molecule has 0 aliphatic rings. The molecule has 0 bridgehead atoms. The highest BCUT2D eigenvalue weighted by atomic mass is 16.5. The van der Waals surface area contributed by atoms with Gasteiger partial charge in [0.2, 0.25) is 5.91 Å². The monoisotopic (exact) mass is 260 g/mol. The Morgan fingerprint density at radius 2 is 1.83 bits per heavy atom. The molecule has 0 aromatic heterocycles. The van der Waals surface area contributed by atoms with E-state index in [9.17, 15) is 9.59 Å². The Labute approximate surface area is 108 Å². The van der Waals surface area contributed by atoms with Crippen LogP contribution < -0.4 is 10.6 Å². The summed E-state index contributed by atoms with van der Waals surface area (Å²) in [6.45, 7) is 3.61. The van der Waals surface area contributed by atoms with Gasteiger partial charge in [0.15, 0.2) is 0 Å². The second kappa shape index (κ2) is 14.1. The molecule has 0 aromatic rings. The third-order valence-electron chi connectivity index (χ3n) is 2.15. The predicted octanol–water partition coefficient (Wildman–Crippen LogP) is -0.276. The average molecular weight is 260 g/mol. The van der Waals surface area contributed by atoms with Crippen molar-refractivity contribution in [3.05, 3.63) is 0 Å². The van der Waals surface area contributed by atoms with E-state index in [-0.39, 0.29) is 5.91 Å². The molecule has 0 heterocycles. The minimum Gasteiger partial charge on any atom is -0.379 e. The van der Waals surface area contributed by atoms with Crippen LogP contribution in [0.5, 0.6) is 0 Å². The van der Waals surface area contributed by atoms with E-state index < -0.39 is 0 Å². The lowest BCUT2D eigenvalue weighted by molar-refractivity contribution is -0.121. The highest BCUT2D eigenvalue weighted by Crippen LogP contribution is 1.90. The Hall–Kier alpha value is -0.980. The van der Waals surface area contributed by atoms with Crippen molar-refractivity contribution in [2.75, 3.05) is 46.6 Å². The molecule has 0 rings (SSSR count). The molecule has 0 radical (unpaired) electrons. The van der Waals surface area contributed by atoms with Crippen molar-refractivity contribution < 1.29 is 19.1 Å². The quantitative estimate of drug-likeness (QED) is 0.352. The van der Waals surface area contributed by atoms with E-state index in [0.29, 0.717) is 52.2 Å². The summed E-state index contributed by atoms with van der Waals surface area (Å²) in [5.41, 5.74) is 0. The maximum absolute atomic E-state index is 11.2. The smallest absolute Gasteiger partial charge is 0.220 e. The number of carbonyl (C=O) groups is 2. The number of aldehydes is 1. The molecule has 0 unspecified atom stereocenters. The number of ether oxygens (including phenoxy) is 2. The topological polar surface area (TPSA) is 76.7 Å². The first-order chi connectivity index (χ1) is 8.81. The standard InChI is InChI=1S/C12H24N2O4/c1-13-6-9-18-11-10-17-8-2-4-12(16)14-5-3-7-15/h7,13H,2-6,8-11H2,1H3,(H,14,16). The van der Waals surface area contributed by atoms with Crippen molar-refractivity contribution >= 4 is 12.2 Å². The summed E-state index contributed by atoms with van der Waals surface area (Å²) in [6, 6.07) is 0.